The largest absolute Gasteiger partial charge is 0.368 e. The number of primary amides is 1. The summed E-state index contributed by atoms with van der Waals surface area (Å²) in [5, 5.41) is 0.469. The van der Waals surface area contributed by atoms with Crippen LogP contribution < -0.4 is 15.5 Å². The molecule has 1 aromatic carbocycles. The molecule has 0 saturated carbocycles. The van der Waals surface area contributed by atoms with Gasteiger partial charge in [0.05, 0.1) is 0 Å². The summed E-state index contributed by atoms with van der Waals surface area (Å²) in [6, 6.07) is 9.18. The van der Waals surface area contributed by atoms with Gasteiger partial charge in [0.2, 0.25) is 5.91 Å². The summed E-state index contributed by atoms with van der Waals surface area (Å²) < 4.78 is 0. The number of piperazine rings is 1. The number of aromatic nitrogens is 2. The molecule has 7 heteroatoms. The second kappa shape index (κ2) is 6.42. The first-order chi connectivity index (χ1) is 11.0. The molecule has 0 atom stereocenters. The van der Waals surface area contributed by atoms with E-state index < -0.39 is 5.91 Å². The smallest absolute Gasteiger partial charge is 0.248 e. The van der Waals surface area contributed by atoms with Gasteiger partial charge >= 0.3 is 0 Å². The number of benzene rings is 1. The zero-order valence-corrected chi connectivity index (χ0v) is 13.6. The number of hydrogen-bond acceptors (Lipinski definition) is 5. The molecule has 6 nitrogen and oxygen atoms in total. The van der Waals surface area contributed by atoms with Crippen molar-refractivity contribution in [2.75, 3.05) is 36.0 Å². The Hall–Kier alpha value is -2.34. The number of halogens is 1. The van der Waals surface area contributed by atoms with Gasteiger partial charge in [-0.3, -0.25) is 4.79 Å². The summed E-state index contributed by atoms with van der Waals surface area (Å²) in [4.78, 5) is 24.1. The van der Waals surface area contributed by atoms with Crippen LogP contribution in [0, 0.1) is 6.92 Å². The third kappa shape index (κ3) is 3.53. The minimum absolute atomic E-state index is 0.405. The lowest BCUT2D eigenvalue weighted by atomic mass is 10.1. The molecule has 1 fully saturated rings. The molecule has 1 aliphatic rings. The summed E-state index contributed by atoms with van der Waals surface area (Å²) in [6.07, 6.45) is 0. The maximum absolute atomic E-state index is 11.1. The van der Waals surface area contributed by atoms with Crippen LogP contribution in [0.1, 0.15) is 16.2 Å². The molecule has 2 heterocycles. The van der Waals surface area contributed by atoms with E-state index in [1.165, 1.54) is 0 Å². The van der Waals surface area contributed by atoms with Gasteiger partial charge in [0.25, 0.3) is 0 Å². The SMILES string of the molecule is Cc1nc(Cl)cc(N2CCN(c3ccc(C(N)=O)cc3)CC2)n1. The highest BCUT2D eigenvalue weighted by Gasteiger charge is 2.19. The van der Waals surface area contributed by atoms with Crippen LogP contribution in [0.15, 0.2) is 30.3 Å². The first-order valence-corrected chi connectivity index (χ1v) is 7.82. The number of nitrogens with two attached hydrogens (primary N) is 1. The van der Waals surface area contributed by atoms with Gasteiger partial charge in [-0.2, -0.15) is 0 Å². The topological polar surface area (TPSA) is 75.3 Å². The molecule has 23 heavy (non-hydrogen) atoms. The lowest BCUT2D eigenvalue weighted by Gasteiger charge is -2.36. The molecule has 1 saturated heterocycles. The molecule has 0 bridgehead atoms. The number of anilines is 2. The fourth-order valence-electron chi connectivity index (χ4n) is 2.71. The highest BCUT2D eigenvalue weighted by Crippen LogP contribution is 2.21. The quantitative estimate of drug-likeness (QED) is 0.869. The van der Waals surface area contributed by atoms with Crippen LogP contribution in [-0.2, 0) is 0 Å². The second-order valence-corrected chi connectivity index (χ2v) is 5.87. The molecule has 3 rings (SSSR count). The highest BCUT2D eigenvalue weighted by atomic mass is 35.5. The number of hydrogen-bond donors (Lipinski definition) is 1. The van der Waals surface area contributed by atoms with Gasteiger partial charge in [-0.15, -0.1) is 0 Å². The molecule has 120 valence electrons. The van der Waals surface area contributed by atoms with E-state index >= 15 is 0 Å². The molecule has 0 radical (unpaired) electrons. The Labute approximate surface area is 139 Å². The van der Waals surface area contributed by atoms with Crippen molar-refractivity contribution in [2.45, 2.75) is 6.92 Å². The van der Waals surface area contributed by atoms with Gasteiger partial charge in [-0.25, -0.2) is 9.97 Å². The Balaban J connectivity index is 1.67. The number of amides is 1. The number of carbonyl (C=O) groups is 1. The fourth-order valence-corrected chi connectivity index (χ4v) is 2.93. The predicted octanol–water partition coefficient (Wildman–Crippen LogP) is 1.86. The molecule has 2 aromatic rings. The summed E-state index contributed by atoms with van der Waals surface area (Å²) >= 11 is 6.01. The van der Waals surface area contributed by atoms with Crippen molar-refractivity contribution >= 4 is 29.0 Å². The summed E-state index contributed by atoms with van der Waals surface area (Å²) in [5.41, 5.74) is 6.88. The Morgan fingerprint density at radius 3 is 2.26 bits per heavy atom. The lowest BCUT2D eigenvalue weighted by Crippen LogP contribution is -2.46. The van der Waals surface area contributed by atoms with Crippen LogP contribution in [0.2, 0.25) is 5.15 Å². The first-order valence-electron chi connectivity index (χ1n) is 7.44. The lowest BCUT2D eigenvalue weighted by molar-refractivity contribution is 0.100. The van der Waals surface area contributed by atoms with E-state index in [-0.39, 0.29) is 0 Å². The van der Waals surface area contributed by atoms with Gasteiger partial charge in [-0.05, 0) is 31.2 Å². The average Bonchev–Trinajstić information content (AvgIpc) is 2.54. The van der Waals surface area contributed by atoms with E-state index in [9.17, 15) is 4.79 Å². The Kier molecular flexibility index (Phi) is 4.34. The summed E-state index contributed by atoms with van der Waals surface area (Å²) in [5.74, 6) is 1.14. The summed E-state index contributed by atoms with van der Waals surface area (Å²) in [6.45, 7) is 5.29. The molecule has 1 aromatic heterocycles. The van der Waals surface area contributed by atoms with Gasteiger partial charge < -0.3 is 15.5 Å². The first kappa shape index (κ1) is 15.6. The van der Waals surface area contributed by atoms with Crippen LogP contribution in [0.25, 0.3) is 0 Å². The molecule has 0 aliphatic carbocycles. The van der Waals surface area contributed by atoms with Crippen molar-refractivity contribution in [1.82, 2.24) is 9.97 Å². The molecule has 0 spiro atoms. The zero-order chi connectivity index (χ0) is 16.4. The maximum Gasteiger partial charge on any atom is 0.248 e. The third-order valence-electron chi connectivity index (χ3n) is 3.91. The van der Waals surface area contributed by atoms with Gasteiger partial charge in [0.1, 0.15) is 16.8 Å². The average molecular weight is 332 g/mol. The maximum atomic E-state index is 11.1. The predicted molar refractivity (Wildman–Crippen MR) is 91.2 cm³/mol. The molecule has 1 aliphatic heterocycles. The van der Waals surface area contributed by atoms with Gasteiger partial charge in [0.15, 0.2) is 0 Å². The number of carbonyl (C=O) groups excluding carboxylic acids is 1. The second-order valence-electron chi connectivity index (χ2n) is 5.48. The number of aryl methyl sites for hydroxylation is 1. The molecule has 1 amide bonds. The van der Waals surface area contributed by atoms with E-state index in [1.54, 1.807) is 18.2 Å². The monoisotopic (exact) mass is 331 g/mol. The molecular weight excluding hydrogens is 314 g/mol. The van der Waals surface area contributed by atoms with E-state index in [4.69, 9.17) is 17.3 Å². The Morgan fingerprint density at radius 2 is 1.70 bits per heavy atom. The van der Waals surface area contributed by atoms with Crippen LogP contribution >= 0.6 is 11.6 Å². The van der Waals surface area contributed by atoms with Crippen molar-refractivity contribution in [2.24, 2.45) is 5.73 Å². The minimum Gasteiger partial charge on any atom is -0.368 e. The van der Waals surface area contributed by atoms with E-state index in [1.807, 2.05) is 19.1 Å². The van der Waals surface area contributed by atoms with Crippen molar-refractivity contribution in [1.29, 1.82) is 0 Å². The van der Waals surface area contributed by atoms with Crippen LogP contribution in [0.5, 0.6) is 0 Å². The Bertz CT molecular complexity index is 691. The van der Waals surface area contributed by atoms with Gasteiger partial charge in [0, 0.05) is 43.5 Å². The van der Waals surface area contributed by atoms with Crippen molar-refractivity contribution in [3.63, 3.8) is 0 Å². The molecule has 2 N–H and O–H groups in total. The fraction of sp³-hybridized carbons (Fsp3) is 0.312. The third-order valence-corrected chi connectivity index (χ3v) is 4.11. The van der Waals surface area contributed by atoms with E-state index in [0.717, 1.165) is 37.7 Å². The standard InChI is InChI=1S/C16H18ClN5O/c1-11-19-14(17)10-15(20-11)22-8-6-21(7-9-22)13-4-2-12(3-5-13)16(18)23/h2-5,10H,6-9H2,1H3,(H2,18,23). The van der Waals surface area contributed by atoms with Crippen molar-refractivity contribution in [3.8, 4) is 0 Å². The Morgan fingerprint density at radius 1 is 1.09 bits per heavy atom. The normalized spacial score (nSPS) is 14.9. The van der Waals surface area contributed by atoms with Crippen molar-refractivity contribution in [3.05, 3.63) is 46.9 Å². The highest BCUT2D eigenvalue weighted by molar-refractivity contribution is 6.29. The molecular formula is C16H18ClN5O. The van der Waals surface area contributed by atoms with Crippen LogP contribution in [0.3, 0.4) is 0 Å². The summed E-state index contributed by atoms with van der Waals surface area (Å²) in [7, 11) is 0. The number of rotatable bonds is 3. The zero-order valence-electron chi connectivity index (χ0n) is 12.9. The number of nitrogens with zero attached hydrogens (tertiary/aromatic N) is 4. The van der Waals surface area contributed by atoms with Crippen LogP contribution in [-0.4, -0.2) is 42.1 Å². The van der Waals surface area contributed by atoms with E-state index in [0.29, 0.717) is 16.5 Å². The van der Waals surface area contributed by atoms with Gasteiger partial charge in [-0.1, -0.05) is 11.6 Å². The van der Waals surface area contributed by atoms with E-state index in [2.05, 4.69) is 19.8 Å². The minimum atomic E-state index is -0.405. The molecule has 0 unspecified atom stereocenters. The van der Waals surface area contributed by atoms with Crippen molar-refractivity contribution < 1.29 is 4.79 Å². The van der Waals surface area contributed by atoms with Crippen LogP contribution in [0.4, 0.5) is 11.5 Å².